The second kappa shape index (κ2) is 10.5. The van der Waals surface area contributed by atoms with Gasteiger partial charge in [-0.3, -0.25) is 9.69 Å². The number of halogens is 1. The van der Waals surface area contributed by atoms with E-state index in [0.29, 0.717) is 18.2 Å². The Morgan fingerprint density at radius 3 is 2.38 bits per heavy atom. The number of hydrogen-bond acceptors (Lipinski definition) is 6. The van der Waals surface area contributed by atoms with E-state index in [-0.39, 0.29) is 23.0 Å². The van der Waals surface area contributed by atoms with Gasteiger partial charge >= 0.3 is 0 Å². The molecular formula is C23H28FN3O3S2. The Labute approximate surface area is 192 Å². The lowest BCUT2D eigenvalue weighted by Crippen LogP contribution is -2.39. The summed E-state index contributed by atoms with van der Waals surface area (Å²) < 4.78 is 39.4. The maximum Gasteiger partial charge on any atom is 0.229 e. The van der Waals surface area contributed by atoms with Crippen molar-refractivity contribution in [2.24, 2.45) is 0 Å². The summed E-state index contributed by atoms with van der Waals surface area (Å²) in [5.41, 5.74) is 1.88. The molecule has 9 heteroatoms. The molecule has 2 aromatic carbocycles. The average Bonchev–Trinajstić information content (AvgIpc) is 3.21. The molecular weight excluding hydrogens is 449 g/mol. The molecule has 0 saturated heterocycles. The third-order valence-electron chi connectivity index (χ3n) is 5.43. The first-order valence-electron chi connectivity index (χ1n) is 10.6. The van der Waals surface area contributed by atoms with Gasteiger partial charge in [0, 0.05) is 19.5 Å². The van der Waals surface area contributed by atoms with Crippen LogP contribution in [-0.4, -0.2) is 56.1 Å². The number of amides is 1. The average molecular weight is 478 g/mol. The first kappa shape index (κ1) is 24.3. The molecule has 0 spiro atoms. The Morgan fingerprint density at radius 1 is 1.06 bits per heavy atom. The Bertz CT molecular complexity index is 1170. The summed E-state index contributed by atoms with van der Waals surface area (Å²) in [6.07, 6.45) is -0.174. The van der Waals surface area contributed by atoms with E-state index < -0.39 is 15.7 Å². The minimum Gasteiger partial charge on any atom is -0.302 e. The number of sulfone groups is 1. The molecule has 0 N–H and O–H groups in total. The van der Waals surface area contributed by atoms with Crippen molar-refractivity contribution < 1.29 is 17.6 Å². The minimum atomic E-state index is -3.70. The Balaban J connectivity index is 1.82. The molecule has 0 radical (unpaired) electrons. The highest BCUT2D eigenvalue weighted by Gasteiger charge is 2.24. The molecule has 0 fully saturated rings. The van der Waals surface area contributed by atoms with Gasteiger partial charge in [-0.2, -0.15) is 0 Å². The van der Waals surface area contributed by atoms with Crippen LogP contribution in [0.5, 0.6) is 0 Å². The molecule has 6 nitrogen and oxygen atoms in total. The number of hydrogen-bond donors (Lipinski definition) is 0. The van der Waals surface area contributed by atoms with E-state index in [1.807, 2.05) is 25.1 Å². The zero-order valence-corrected chi connectivity index (χ0v) is 20.2. The van der Waals surface area contributed by atoms with Crippen LogP contribution in [0.4, 0.5) is 9.52 Å². The molecule has 1 aromatic heterocycles. The number of fused-ring (bicyclic) bond motifs is 1. The van der Waals surface area contributed by atoms with Crippen LogP contribution in [0.15, 0.2) is 47.4 Å². The third-order valence-corrected chi connectivity index (χ3v) is 8.21. The first-order chi connectivity index (χ1) is 15.2. The molecule has 0 bridgehead atoms. The second-order valence-electron chi connectivity index (χ2n) is 7.51. The van der Waals surface area contributed by atoms with E-state index in [1.165, 1.54) is 23.5 Å². The van der Waals surface area contributed by atoms with Crippen molar-refractivity contribution >= 4 is 42.4 Å². The van der Waals surface area contributed by atoms with E-state index in [4.69, 9.17) is 0 Å². The van der Waals surface area contributed by atoms with Crippen LogP contribution >= 0.6 is 11.3 Å². The number of rotatable bonds is 10. The normalized spacial score (nSPS) is 11.9. The van der Waals surface area contributed by atoms with E-state index in [9.17, 15) is 17.6 Å². The van der Waals surface area contributed by atoms with Gasteiger partial charge in [0.05, 0.1) is 20.9 Å². The summed E-state index contributed by atoms with van der Waals surface area (Å²) in [6, 6.07) is 10.6. The van der Waals surface area contributed by atoms with Gasteiger partial charge in [-0.15, -0.1) is 0 Å². The SMILES string of the molecule is CCN(CC)CCN(C(=O)CCS(=O)(=O)c1ccc(F)cc1)c1nc2c(C)cccc2s1. The van der Waals surface area contributed by atoms with E-state index >= 15 is 0 Å². The zero-order chi connectivity index (χ0) is 23.3. The molecule has 0 saturated carbocycles. The fraction of sp³-hybridized carbons (Fsp3) is 0.391. The van der Waals surface area contributed by atoms with Crippen molar-refractivity contribution in [3.8, 4) is 0 Å². The molecule has 0 unspecified atom stereocenters. The molecule has 0 aliphatic heterocycles. The summed E-state index contributed by atoms with van der Waals surface area (Å²) in [4.78, 5) is 21.7. The molecule has 32 heavy (non-hydrogen) atoms. The molecule has 172 valence electrons. The van der Waals surface area contributed by atoms with E-state index in [2.05, 4.69) is 23.7 Å². The zero-order valence-electron chi connectivity index (χ0n) is 18.5. The quantitative estimate of drug-likeness (QED) is 0.408. The van der Waals surface area contributed by atoms with Gasteiger partial charge in [-0.1, -0.05) is 37.3 Å². The number of benzene rings is 2. The number of likely N-dealkylation sites (N-methyl/N-ethyl adjacent to an activating group) is 1. The molecule has 3 aromatic rings. The predicted molar refractivity (Wildman–Crippen MR) is 128 cm³/mol. The van der Waals surface area contributed by atoms with Gasteiger partial charge in [0.1, 0.15) is 5.82 Å². The topological polar surface area (TPSA) is 70.6 Å². The lowest BCUT2D eigenvalue weighted by Gasteiger charge is -2.24. The van der Waals surface area contributed by atoms with Gasteiger partial charge in [-0.05, 0) is 55.9 Å². The summed E-state index contributed by atoms with van der Waals surface area (Å²) in [6.45, 7) is 8.91. The van der Waals surface area contributed by atoms with Crippen LogP contribution < -0.4 is 4.90 Å². The molecule has 0 atom stereocenters. The van der Waals surface area contributed by atoms with Crippen molar-refractivity contribution in [1.82, 2.24) is 9.88 Å². The minimum absolute atomic E-state index is 0.0111. The number of aryl methyl sites for hydroxylation is 1. The molecule has 1 heterocycles. The van der Waals surface area contributed by atoms with Crippen LogP contribution in [-0.2, 0) is 14.6 Å². The van der Waals surface area contributed by atoms with Crippen molar-refractivity contribution in [2.45, 2.75) is 32.1 Å². The maximum absolute atomic E-state index is 13.2. The Hall–Kier alpha value is -2.36. The van der Waals surface area contributed by atoms with Gasteiger partial charge < -0.3 is 4.90 Å². The number of anilines is 1. The number of aromatic nitrogens is 1. The fourth-order valence-corrected chi connectivity index (χ4v) is 5.73. The van der Waals surface area contributed by atoms with Gasteiger partial charge in [0.25, 0.3) is 0 Å². The monoisotopic (exact) mass is 477 g/mol. The smallest absolute Gasteiger partial charge is 0.229 e. The lowest BCUT2D eigenvalue weighted by atomic mass is 10.2. The van der Waals surface area contributed by atoms with Crippen molar-refractivity contribution in [3.63, 3.8) is 0 Å². The fourth-order valence-electron chi connectivity index (χ4n) is 3.41. The van der Waals surface area contributed by atoms with Crippen LogP contribution in [0.1, 0.15) is 25.8 Å². The van der Waals surface area contributed by atoms with Crippen LogP contribution in [0.2, 0.25) is 0 Å². The molecule has 1 amide bonds. The van der Waals surface area contributed by atoms with Gasteiger partial charge in [0.15, 0.2) is 15.0 Å². The standard InChI is InChI=1S/C23H28FN3O3S2/c1-4-26(5-2)14-15-27(23-25-22-17(3)7-6-8-20(22)31-23)21(28)13-16-32(29,30)19-11-9-18(24)10-12-19/h6-12H,4-5,13-16H2,1-3H3. The van der Waals surface area contributed by atoms with Gasteiger partial charge in [0.2, 0.25) is 5.91 Å². The third kappa shape index (κ3) is 5.70. The highest BCUT2D eigenvalue weighted by Crippen LogP contribution is 2.31. The van der Waals surface area contributed by atoms with Gasteiger partial charge in [-0.25, -0.2) is 17.8 Å². The number of thiazole rings is 1. The Kier molecular flexibility index (Phi) is 7.97. The van der Waals surface area contributed by atoms with Crippen molar-refractivity contribution in [2.75, 3.05) is 36.8 Å². The molecule has 3 rings (SSSR count). The van der Waals surface area contributed by atoms with Crippen molar-refractivity contribution in [1.29, 1.82) is 0 Å². The maximum atomic E-state index is 13.2. The summed E-state index contributed by atoms with van der Waals surface area (Å²) in [5, 5.41) is 0.575. The van der Waals surface area contributed by atoms with Crippen LogP contribution in [0.25, 0.3) is 10.2 Å². The highest BCUT2D eigenvalue weighted by atomic mass is 32.2. The summed E-state index contributed by atoms with van der Waals surface area (Å²) in [5.74, 6) is -1.14. The van der Waals surface area contributed by atoms with Crippen LogP contribution in [0.3, 0.4) is 0 Å². The van der Waals surface area contributed by atoms with E-state index in [0.717, 1.165) is 41.0 Å². The number of carbonyl (C=O) groups is 1. The summed E-state index contributed by atoms with van der Waals surface area (Å²) in [7, 11) is -3.70. The van der Waals surface area contributed by atoms with Crippen LogP contribution in [0, 0.1) is 12.7 Å². The second-order valence-corrected chi connectivity index (χ2v) is 10.6. The largest absolute Gasteiger partial charge is 0.302 e. The molecule has 0 aliphatic rings. The number of para-hydroxylation sites is 1. The molecule has 0 aliphatic carbocycles. The van der Waals surface area contributed by atoms with E-state index in [1.54, 1.807) is 4.90 Å². The predicted octanol–water partition coefficient (Wildman–Crippen LogP) is 4.28. The van der Waals surface area contributed by atoms with Crippen molar-refractivity contribution in [3.05, 3.63) is 53.8 Å². The highest BCUT2D eigenvalue weighted by molar-refractivity contribution is 7.91. The number of nitrogens with zero attached hydrogens (tertiary/aromatic N) is 3. The first-order valence-corrected chi connectivity index (χ1v) is 13.1. The Morgan fingerprint density at radius 2 is 1.75 bits per heavy atom. The number of carbonyl (C=O) groups excluding carboxylic acids is 1. The lowest BCUT2D eigenvalue weighted by molar-refractivity contribution is -0.118. The summed E-state index contributed by atoms with van der Waals surface area (Å²) >= 11 is 1.43.